The van der Waals surface area contributed by atoms with Crippen molar-refractivity contribution >= 4 is 12.1 Å². The predicted octanol–water partition coefficient (Wildman–Crippen LogP) is -1.06. The highest BCUT2D eigenvalue weighted by Crippen LogP contribution is 1.92. The maximum atomic E-state index is 10.4. The normalized spacial score (nSPS) is 22.0. The first-order valence-electron chi connectivity index (χ1n) is 2.10. The lowest BCUT2D eigenvalue weighted by Crippen LogP contribution is -2.12. The van der Waals surface area contributed by atoms with E-state index in [9.17, 15) is 4.79 Å². The molecule has 3 N–H and O–H groups in total. The Morgan fingerprint density at radius 3 is 2.88 bits per heavy atom. The summed E-state index contributed by atoms with van der Waals surface area (Å²) in [6, 6.07) is 0. The molecule has 1 aliphatic heterocycles. The van der Waals surface area contributed by atoms with Crippen molar-refractivity contribution in [1.82, 2.24) is 5.43 Å². The van der Waals surface area contributed by atoms with Gasteiger partial charge in [-0.15, -0.1) is 0 Å². The maximum Gasteiger partial charge on any atom is 0.274 e. The second kappa shape index (κ2) is 1.65. The van der Waals surface area contributed by atoms with Crippen molar-refractivity contribution in [3.05, 3.63) is 11.8 Å². The van der Waals surface area contributed by atoms with E-state index in [-0.39, 0.29) is 5.91 Å². The fourth-order valence-electron chi connectivity index (χ4n) is 0.402. The van der Waals surface area contributed by atoms with Gasteiger partial charge in [-0.2, -0.15) is 5.10 Å². The highest BCUT2D eigenvalue weighted by Gasteiger charge is 2.09. The molecule has 0 aromatic rings. The zero-order valence-electron chi connectivity index (χ0n) is 4.09. The highest BCUT2D eigenvalue weighted by molar-refractivity contribution is 6.15. The minimum atomic E-state index is -0.243. The molecule has 0 spiro atoms. The smallest absolute Gasteiger partial charge is 0.274 e. The summed E-state index contributed by atoms with van der Waals surface area (Å²) in [6.45, 7) is 0. The van der Waals surface area contributed by atoms with Gasteiger partial charge in [-0.05, 0) is 0 Å². The number of nitrogens with two attached hydrogens (primary N) is 1. The third-order valence-corrected chi connectivity index (χ3v) is 0.811. The molecule has 0 atom stereocenters. The van der Waals surface area contributed by atoms with Gasteiger partial charge in [0.25, 0.3) is 5.91 Å². The first-order valence-corrected chi connectivity index (χ1v) is 2.10. The molecule has 0 fully saturated rings. The van der Waals surface area contributed by atoms with E-state index in [0.29, 0.717) is 5.57 Å². The second-order valence-corrected chi connectivity index (χ2v) is 1.32. The van der Waals surface area contributed by atoms with Crippen LogP contribution in [0.4, 0.5) is 0 Å². The molecular formula is C4H5N3O. The molecule has 0 unspecified atom stereocenters. The molecule has 0 bridgehead atoms. The van der Waals surface area contributed by atoms with E-state index >= 15 is 0 Å². The van der Waals surface area contributed by atoms with Crippen LogP contribution in [-0.2, 0) is 4.79 Å². The number of nitrogens with zero attached hydrogens (tertiary/aromatic N) is 1. The zero-order valence-corrected chi connectivity index (χ0v) is 4.09. The van der Waals surface area contributed by atoms with Crippen LogP contribution in [0.5, 0.6) is 0 Å². The Morgan fingerprint density at radius 2 is 2.62 bits per heavy atom. The lowest BCUT2D eigenvalue weighted by Gasteiger charge is -1.83. The molecule has 1 heterocycles. The van der Waals surface area contributed by atoms with Crippen LogP contribution >= 0.6 is 0 Å². The number of amides is 1. The molecule has 42 valence electrons. The van der Waals surface area contributed by atoms with Crippen LogP contribution in [0.3, 0.4) is 0 Å². The van der Waals surface area contributed by atoms with Gasteiger partial charge in [0.15, 0.2) is 0 Å². The van der Waals surface area contributed by atoms with Crippen LogP contribution in [0.1, 0.15) is 0 Å². The Hall–Kier alpha value is -1.32. The molecule has 4 heteroatoms. The van der Waals surface area contributed by atoms with Gasteiger partial charge in [-0.1, -0.05) is 0 Å². The number of hydrazone groups is 1. The van der Waals surface area contributed by atoms with Crippen molar-refractivity contribution in [2.75, 3.05) is 0 Å². The summed E-state index contributed by atoms with van der Waals surface area (Å²) in [7, 11) is 0. The first kappa shape index (κ1) is 4.83. The average Bonchev–Trinajstić information content (AvgIpc) is 2.14. The number of carbonyl (C=O) groups is 1. The van der Waals surface area contributed by atoms with Crippen molar-refractivity contribution in [1.29, 1.82) is 0 Å². The second-order valence-electron chi connectivity index (χ2n) is 1.32. The van der Waals surface area contributed by atoms with E-state index in [1.165, 1.54) is 12.4 Å². The molecule has 0 saturated heterocycles. The monoisotopic (exact) mass is 111 g/mol. The number of hydrogen-bond acceptors (Lipinski definition) is 3. The summed E-state index contributed by atoms with van der Waals surface area (Å²) in [5, 5.41) is 3.44. The van der Waals surface area contributed by atoms with Crippen LogP contribution in [0.25, 0.3) is 0 Å². The van der Waals surface area contributed by atoms with Gasteiger partial charge in [0.1, 0.15) is 0 Å². The Bertz CT molecular complexity index is 170. The zero-order chi connectivity index (χ0) is 5.98. The topological polar surface area (TPSA) is 67.5 Å². The molecule has 1 aliphatic rings. The summed E-state index contributed by atoms with van der Waals surface area (Å²) in [5.41, 5.74) is 7.62. The van der Waals surface area contributed by atoms with E-state index in [1.807, 2.05) is 0 Å². The Morgan fingerprint density at radius 1 is 1.88 bits per heavy atom. The van der Waals surface area contributed by atoms with E-state index in [1.54, 1.807) is 0 Å². The van der Waals surface area contributed by atoms with Gasteiger partial charge in [0.05, 0.1) is 11.8 Å². The average molecular weight is 111 g/mol. The van der Waals surface area contributed by atoms with Gasteiger partial charge in [0.2, 0.25) is 0 Å². The summed E-state index contributed by atoms with van der Waals surface area (Å²) in [4.78, 5) is 10.4. The molecule has 1 rings (SSSR count). The molecule has 8 heavy (non-hydrogen) atoms. The molecule has 0 aromatic heterocycles. The third-order valence-electron chi connectivity index (χ3n) is 0.811. The first-order chi connectivity index (χ1) is 3.84. The summed E-state index contributed by atoms with van der Waals surface area (Å²) >= 11 is 0. The SMILES string of the molecule is NC=C1C=NNC1=O. The van der Waals surface area contributed by atoms with E-state index in [4.69, 9.17) is 5.73 Å². The lowest BCUT2D eigenvalue weighted by molar-refractivity contribution is -0.116. The maximum absolute atomic E-state index is 10.4. The minimum absolute atomic E-state index is 0.243. The molecule has 1 amide bonds. The Labute approximate surface area is 46.1 Å². The van der Waals surface area contributed by atoms with Gasteiger partial charge in [-0.25, -0.2) is 5.43 Å². The van der Waals surface area contributed by atoms with Crippen molar-refractivity contribution < 1.29 is 4.79 Å². The Kier molecular flexibility index (Phi) is 0.997. The third kappa shape index (κ3) is 0.556. The molecule has 4 nitrogen and oxygen atoms in total. The fourth-order valence-corrected chi connectivity index (χ4v) is 0.402. The number of nitrogens with one attached hydrogen (secondary N) is 1. The number of hydrogen-bond donors (Lipinski definition) is 2. The molecule has 0 aromatic carbocycles. The largest absolute Gasteiger partial charge is 0.404 e. The van der Waals surface area contributed by atoms with E-state index in [0.717, 1.165) is 0 Å². The number of carbonyl (C=O) groups excluding carboxylic acids is 1. The van der Waals surface area contributed by atoms with Crippen molar-refractivity contribution in [2.24, 2.45) is 10.8 Å². The molecular weight excluding hydrogens is 106 g/mol. The quantitative estimate of drug-likeness (QED) is 0.391. The predicted molar refractivity (Wildman–Crippen MR) is 28.9 cm³/mol. The van der Waals surface area contributed by atoms with Gasteiger partial charge < -0.3 is 5.73 Å². The van der Waals surface area contributed by atoms with Crippen LogP contribution in [0, 0.1) is 0 Å². The summed E-state index contributed by atoms with van der Waals surface area (Å²) in [6.07, 6.45) is 2.59. The van der Waals surface area contributed by atoms with Crippen LogP contribution in [0.2, 0.25) is 0 Å². The van der Waals surface area contributed by atoms with Gasteiger partial charge in [-0.3, -0.25) is 4.79 Å². The lowest BCUT2D eigenvalue weighted by atomic mass is 10.3. The van der Waals surface area contributed by atoms with E-state index in [2.05, 4.69) is 10.5 Å². The molecule has 0 aliphatic carbocycles. The van der Waals surface area contributed by atoms with E-state index < -0.39 is 0 Å². The highest BCUT2D eigenvalue weighted by atomic mass is 16.2. The standard InChI is InChI=1S/C4H5N3O/c5-1-3-2-6-7-4(3)8/h1-2H,5H2,(H,7,8). The van der Waals surface area contributed by atoms with Crippen molar-refractivity contribution in [3.8, 4) is 0 Å². The van der Waals surface area contributed by atoms with Crippen molar-refractivity contribution in [3.63, 3.8) is 0 Å². The van der Waals surface area contributed by atoms with Gasteiger partial charge in [0, 0.05) is 6.20 Å². The summed E-state index contributed by atoms with van der Waals surface area (Å²) < 4.78 is 0. The number of rotatable bonds is 0. The van der Waals surface area contributed by atoms with Crippen LogP contribution < -0.4 is 11.2 Å². The fraction of sp³-hybridized carbons (Fsp3) is 0. The Balaban J connectivity index is 2.82. The van der Waals surface area contributed by atoms with Crippen LogP contribution in [0.15, 0.2) is 16.9 Å². The minimum Gasteiger partial charge on any atom is -0.404 e. The van der Waals surface area contributed by atoms with Crippen LogP contribution in [-0.4, -0.2) is 12.1 Å². The van der Waals surface area contributed by atoms with Crippen molar-refractivity contribution in [2.45, 2.75) is 0 Å². The summed E-state index contributed by atoms with van der Waals surface area (Å²) in [5.74, 6) is -0.243. The van der Waals surface area contributed by atoms with Gasteiger partial charge >= 0.3 is 0 Å². The molecule has 0 radical (unpaired) electrons. The molecule has 0 saturated carbocycles.